The molecule has 5 nitrogen and oxygen atoms in total. The number of amides is 3. The van der Waals surface area contributed by atoms with Crippen LogP contribution >= 0.6 is 11.6 Å². The molecule has 1 unspecified atom stereocenters. The number of nitrogens with one attached hydrogen (secondary N) is 1. The Morgan fingerprint density at radius 3 is 2.45 bits per heavy atom. The molecule has 0 aliphatic rings. The molecule has 3 N–H and O–H groups in total. The number of carbonyl (C=O) groups is 2. The van der Waals surface area contributed by atoms with Crippen LogP contribution in [0.5, 0.6) is 0 Å². The Kier molecular flexibility index (Phi) is 5.82. The molecule has 0 bridgehead atoms. The standard InChI is InChI=1S/C14H20ClN3O2/c1-9(2)13(10-6-4-5-7-11(10)15)18(3)12(19)8-17-14(16)20/h4-7,9,13H,8H2,1-3H3,(H3,16,17,20). The van der Waals surface area contributed by atoms with E-state index in [2.05, 4.69) is 5.32 Å². The van der Waals surface area contributed by atoms with Crippen LogP contribution in [0.25, 0.3) is 0 Å². The Bertz CT molecular complexity index is 491. The number of carbonyl (C=O) groups excluding carboxylic acids is 2. The van der Waals surface area contributed by atoms with Gasteiger partial charge in [0.1, 0.15) is 0 Å². The predicted octanol–water partition coefficient (Wildman–Crippen LogP) is 2.16. The third kappa shape index (κ3) is 4.13. The fourth-order valence-electron chi connectivity index (χ4n) is 2.17. The summed E-state index contributed by atoms with van der Waals surface area (Å²) in [4.78, 5) is 24.3. The average Bonchev–Trinajstić information content (AvgIpc) is 2.37. The summed E-state index contributed by atoms with van der Waals surface area (Å²) >= 11 is 6.21. The van der Waals surface area contributed by atoms with E-state index in [1.54, 1.807) is 18.0 Å². The van der Waals surface area contributed by atoms with Gasteiger partial charge in [0.05, 0.1) is 12.6 Å². The van der Waals surface area contributed by atoms with Crippen molar-refractivity contribution < 1.29 is 9.59 Å². The van der Waals surface area contributed by atoms with Gasteiger partial charge in [-0.25, -0.2) is 4.79 Å². The van der Waals surface area contributed by atoms with E-state index in [0.717, 1.165) is 5.56 Å². The van der Waals surface area contributed by atoms with Gasteiger partial charge >= 0.3 is 6.03 Å². The fraction of sp³-hybridized carbons (Fsp3) is 0.429. The van der Waals surface area contributed by atoms with Gasteiger partial charge in [-0.2, -0.15) is 0 Å². The van der Waals surface area contributed by atoms with Gasteiger partial charge in [-0.1, -0.05) is 43.6 Å². The summed E-state index contributed by atoms with van der Waals surface area (Å²) in [6.45, 7) is 3.90. The highest BCUT2D eigenvalue weighted by molar-refractivity contribution is 6.31. The van der Waals surface area contributed by atoms with E-state index in [4.69, 9.17) is 17.3 Å². The monoisotopic (exact) mass is 297 g/mol. The van der Waals surface area contributed by atoms with Crippen molar-refractivity contribution in [3.8, 4) is 0 Å². The van der Waals surface area contributed by atoms with Crippen LogP contribution in [-0.2, 0) is 4.79 Å². The van der Waals surface area contributed by atoms with E-state index in [9.17, 15) is 9.59 Å². The summed E-state index contributed by atoms with van der Waals surface area (Å²) in [5, 5.41) is 2.92. The van der Waals surface area contributed by atoms with Crippen molar-refractivity contribution in [2.45, 2.75) is 19.9 Å². The maximum Gasteiger partial charge on any atom is 0.312 e. The van der Waals surface area contributed by atoms with Crippen LogP contribution in [-0.4, -0.2) is 30.4 Å². The van der Waals surface area contributed by atoms with E-state index >= 15 is 0 Å². The second kappa shape index (κ2) is 7.14. The molecule has 3 amide bonds. The number of halogens is 1. The molecule has 20 heavy (non-hydrogen) atoms. The van der Waals surface area contributed by atoms with Gasteiger partial charge in [-0.15, -0.1) is 0 Å². The lowest BCUT2D eigenvalue weighted by Gasteiger charge is -2.32. The number of likely N-dealkylation sites (N-methyl/N-ethyl adjacent to an activating group) is 1. The largest absolute Gasteiger partial charge is 0.352 e. The van der Waals surface area contributed by atoms with E-state index in [-0.39, 0.29) is 24.4 Å². The van der Waals surface area contributed by atoms with Crippen LogP contribution in [0.1, 0.15) is 25.5 Å². The van der Waals surface area contributed by atoms with E-state index in [0.29, 0.717) is 5.02 Å². The highest BCUT2D eigenvalue weighted by Crippen LogP contribution is 2.32. The zero-order chi connectivity index (χ0) is 15.3. The maximum absolute atomic E-state index is 12.1. The number of nitrogens with zero attached hydrogens (tertiary/aromatic N) is 1. The summed E-state index contributed by atoms with van der Waals surface area (Å²) < 4.78 is 0. The minimum Gasteiger partial charge on any atom is -0.352 e. The molecular formula is C14H20ClN3O2. The normalized spacial score (nSPS) is 12.1. The maximum atomic E-state index is 12.1. The number of hydrogen-bond acceptors (Lipinski definition) is 2. The van der Waals surface area contributed by atoms with Crippen molar-refractivity contribution in [2.75, 3.05) is 13.6 Å². The molecule has 0 aliphatic carbocycles. The summed E-state index contributed by atoms with van der Waals surface area (Å²) in [6.07, 6.45) is 0. The summed E-state index contributed by atoms with van der Waals surface area (Å²) in [5.74, 6) is -0.0418. The van der Waals surface area contributed by atoms with Crippen molar-refractivity contribution in [2.24, 2.45) is 11.7 Å². The molecule has 0 saturated carbocycles. The first-order valence-corrected chi connectivity index (χ1v) is 6.75. The SMILES string of the molecule is CC(C)C(c1ccccc1Cl)N(C)C(=O)CNC(N)=O. The fourth-order valence-corrected chi connectivity index (χ4v) is 2.42. The van der Waals surface area contributed by atoms with Gasteiger partial charge < -0.3 is 16.0 Å². The van der Waals surface area contributed by atoms with E-state index < -0.39 is 6.03 Å². The Morgan fingerprint density at radius 2 is 1.95 bits per heavy atom. The van der Waals surface area contributed by atoms with Gasteiger partial charge in [-0.3, -0.25) is 4.79 Å². The molecule has 110 valence electrons. The van der Waals surface area contributed by atoms with Crippen molar-refractivity contribution in [1.29, 1.82) is 0 Å². The van der Waals surface area contributed by atoms with Crippen LogP contribution < -0.4 is 11.1 Å². The molecule has 0 radical (unpaired) electrons. The van der Waals surface area contributed by atoms with Crippen LogP contribution in [0, 0.1) is 5.92 Å². The highest BCUT2D eigenvalue weighted by atomic mass is 35.5. The lowest BCUT2D eigenvalue weighted by atomic mass is 9.94. The molecule has 0 fully saturated rings. The zero-order valence-electron chi connectivity index (χ0n) is 11.9. The molecule has 0 heterocycles. The van der Waals surface area contributed by atoms with Gasteiger partial charge in [0.15, 0.2) is 0 Å². The van der Waals surface area contributed by atoms with Crippen LogP contribution in [0.3, 0.4) is 0 Å². The van der Waals surface area contributed by atoms with E-state index in [1.165, 1.54) is 0 Å². The van der Waals surface area contributed by atoms with Crippen LogP contribution in [0.2, 0.25) is 5.02 Å². The molecular weight excluding hydrogens is 278 g/mol. The Morgan fingerprint density at radius 1 is 1.35 bits per heavy atom. The van der Waals surface area contributed by atoms with E-state index in [1.807, 2.05) is 32.0 Å². The van der Waals surface area contributed by atoms with Gasteiger partial charge in [-0.05, 0) is 17.5 Å². The molecule has 0 saturated heterocycles. The second-order valence-electron chi connectivity index (χ2n) is 4.93. The number of rotatable bonds is 5. The highest BCUT2D eigenvalue weighted by Gasteiger charge is 2.26. The smallest absolute Gasteiger partial charge is 0.312 e. The molecule has 0 spiro atoms. The number of nitrogens with two attached hydrogens (primary N) is 1. The van der Waals surface area contributed by atoms with Crippen molar-refractivity contribution in [3.63, 3.8) is 0 Å². The average molecular weight is 298 g/mol. The summed E-state index contributed by atoms with van der Waals surface area (Å²) in [5.41, 5.74) is 5.86. The number of hydrogen-bond donors (Lipinski definition) is 2. The van der Waals surface area contributed by atoms with Crippen molar-refractivity contribution in [3.05, 3.63) is 34.9 Å². The lowest BCUT2D eigenvalue weighted by molar-refractivity contribution is -0.131. The Labute approximate surface area is 124 Å². The first-order valence-electron chi connectivity index (χ1n) is 6.38. The molecule has 1 aromatic carbocycles. The molecule has 6 heteroatoms. The Hall–Kier alpha value is -1.75. The van der Waals surface area contributed by atoms with Crippen LogP contribution in [0.4, 0.5) is 4.79 Å². The minimum atomic E-state index is -0.717. The third-order valence-corrected chi connectivity index (χ3v) is 3.42. The van der Waals surface area contributed by atoms with Crippen LogP contribution in [0.15, 0.2) is 24.3 Å². The van der Waals surface area contributed by atoms with Crippen molar-refractivity contribution >= 4 is 23.5 Å². The lowest BCUT2D eigenvalue weighted by Crippen LogP contribution is -2.42. The van der Waals surface area contributed by atoms with Crippen molar-refractivity contribution in [1.82, 2.24) is 10.2 Å². The quantitative estimate of drug-likeness (QED) is 0.874. The number of primary amides is 1. The van der Waals surface area contributed by atoms with Gasteiger partial charge in [0.2, 0.25) is 5.91 Å². The summed E-state index contributed by atoms with van der Waals surface area (Å²) in [6, 6.07) is 6.55. The molecule has 1 rings (SSSR count). The summed E-state index contributed by atoms with van der Waals surface area (Å²) in [7, 11) is 1.69. The Balaban J connectivity index is 2.94. The topological polar surface area (TPSA) is 75.4 Å². The molecule has 0 aliphatic heterocycles. The van der Waals surface area contributed by atoms with Gasteiger partial charge in [0, 0.05) is 12.1 Å². The minimum absolute atomic E-state index is 0.125. The first-order chi connectivity index (χ1) is 9.34. The van der Waals surface area contributed by atoms with Gasteiger partial charge in [0.25, 0.3) is 0 Å². The number of urea groups is 1. The third-order valence-electron chi connectivity index (χ3n) is 3.08. The molecule has 1 aromatic rings. The number of benzene rings is 1. The first kappa shape index (κ1) is 16.3. The predicted molar refractivity (Wildman–Crippen MR) is 79.4 cm³/mol. The second-order valence-corrected chi connectivity index (χ2v) is 5.34. The zero-order valence-corrected chi connectivity index (χ0v) is 12.6. The molecule has 0 aromatic heterocycles. The molecule has 1 atom stereocenters.